The van der Waals surface area contributed by atoms with Gasteiger partial charge in [-0.25, -0.2) is 4.79 Å². The molecule has 0 unspecified atom stereocenters. The third-order valence-electron chi connectivity index (χ3n) is 2.37. The van der Waals surface area contributed by atoms with E-state index in [2.05, 4.69) is 11.7 Å². The highest BCUT2D eigenvalue weighted by atomic mass is 16.5. The lowest BCUT2D eigenvalue weighted by Crippen LogP contribution is -2.00. The average Bonchev–Trinajstić information content (AvgIpc) is 2.46. The van der Waals surface area contributed by atoms with Crippen LogP contribution in [0.15, 0.2) is 30.3 Å². The summed E-state index contributed by atoms with van der Waals surface area (Å²) in [6.45, 7) is 6.14. The molecular formula is C16H22O4. The SMILES string of the molecule is CCOC(=O)CC.CCc1cccc(/C=C/C(=O)O)c1. The summed E-state index contributed by atoms with van der Waals surface area (Å²) in [4.78, 5) is 20.4. The fourth-order valence-electron chi connectivity index (χ4n) is 1.35. The molecule has 0 bridgehead atoms. The maximum atomic E-state index is 10.2. The first-order valence-electron chi connectivity index (χ1n) is 6.69. The van der Waals surface area contributed by atoms with E-state index < -0.39 is 5.97 Å². The number of aliphatic carboxylic acids is 1. The lowest BCUT2D eigenvalue weighted by atomic mass is 10.1. The van der Waals surface area contributed by atoms with Gasteiger partial charge >= 0.3 is 11.9 Å². The van der Waals surface area contributed by atoms with Crippen molar-refractivity contribution < 1.29 is 19.4 Å². The molecule has 1 rings (SSSR count). The summed E-state index contributed by atoms with van der Waals surface area (Å²) in [6, 6.07) is 7.83. The Morgan fingerprint density at radius 1 is 1.25 bits per heavy atom. The molecule has 20 heavy (non-hydrogen) atoms. The summed E-state index contributed by atoms with van der Waals surface area (Å²) in [5, 5.41) is 8.41. The number of carbonyl (C=O) groups is 2. The molecule has 0 atom stereocenters. The molecule has 0 spiro atoms. The number of hydrogen-bond acceptors (Lipinski definition) is 3. The van der Waals surface area contributed by atoms with E-state index in [9.17, 15) is 9.59 Å². The van der Waals surface area contributed by atoms with Crippen molar-refractivity contribution in [2.45, 2.75) is 33.6 Å². The molecule has 110 valence electrons. The third kappa shape index (κ3) is 8.91. The summed E-state index contributed by atoms with van der Waals surface area (Å²) in [5.41, 5.74) is 2.15. The van der Waals surface area contributed by atoms with Crippen LogP contribution in [0.25, 0.3) is 6.08 Å². The van der Waals surface area contributed by atoms with Gasteiger partial charge in [-0.2, -0.15) is 0 Å². The fourth-order valence-corrected chi connectivity index (χ4v) is 1.35. The quantitative estimate of drug-likeness (QED) is 0.663. The number of esters is 1. The van der Waals surface area contributed by atoms with Crippen molar-refractivity contribution in [1.29, 1.82) is 0 Å². The minimum absolute atomic E-state index is 0.123. The molecule has 0 aliphatic rings. The van der Waals surface area contributed by atoms with Gasteiger partial charge in [0.05, 0.1) is 6.61 Å². The molecule has 0 radical (unpaired) electrons. The van der Waals surface area contributed by atoms with Crippen LogP contribution in [0.5, 0.6) is 0 Å². The van der Waals surface area contributed by atoms with Crippen molar-refractivity contribution in [3.05, 3.63) is 41.5 Å². The first-order chi connectivity index (χ1) is 9.53. The van der Waals surface area contributed by atoms with E-state index in [0.29, 0.717) is 13.0 Å². The number of aryl methyl sites for hydroxylation is 1. The standard InChI is InChI=1S/C11H12O2.C5H10O2/c1-2-9-4-3-5-10(8-9)6-7-11(12)13;1-3-5(6)7-4-2/h3-8H,2H2,1H3,(H,12,13);3-4H2,1-2H3/b7-6+;. The van der Waals surface area contributed by atoms with Crippen LogP contribution in [-0.4, -0.2) is 23.7 Å². The Hall–Kier alpha value is -2.10. The normalized spacial score (nSPS) is 9.75. The highest BCUT2D eigenvalue weighted by molar-refractivity contribution is 5.85. The molecule has 1 aromatic rings. The van der Waals surface area contributed by atoms with E-state index in [1.54, 1.807) is 19.9 Å². The van der Waals surface area contributed by atoms with E-state index in [1.807, 2.05) is 24.3 Å². The summed E-state index contributed by atoms with van der Waals surface area (Å²) in [6.07, 6.45) is 4.19. The van der Waals surface area contributed by atoms with Gasteiger partial charge in [0.1, 0.15) is 0 Å². The van der Waals surface area contributed by atoms with Crippen LogP contribution in [-0.2, 0) is 20.7 Å². The number of ether oxygens (including phenoxy) is 1. The van der Waals surface area contributed by atoms with Gasteiger partial charge in [-0.1, -0.05) is 38.1 Å². The highest BCUT2D eigenvalue weighted by Gasteiger charge is 1.92. The third-order valence-corrected chi connectivity index (χ3v) is 2.37. The van der Waals surface area contributed by atoms with Gasteiger partial charge in [-0.15, -0.1) is 0 Å². The Bertz CT molecular complexity index is 450. The maximum absolute atomic E-state index is 10.2. The number of carboxylic acid groups (broad SMARTS) is 1. The largest absolute Gasteiger partial charge is 0.478 e. The number of carboxylic acids is 1. The van der Waals surface area contributed by atoms with E-state index in [4.69, 9.17) is 5.11 Å². The van der Waals surface area contributed by atoms with E-state index in [1.165, 1.54) is 5.56 Å². The summed E-state index contributed by atoms with van der Waals surface area (Å²) in [5.74, 6) is -1.04. The second-order valence-corrected chi connectivity index (χ2v) is 3.93. The van der Waals surface area contributed by atoms with Crippen LogP contribution in [0.2, 0.25) is 0 Å². The van der Waals surface area contributed by atoms with Crippen LogP contribution in [0.3, 0.4) is 0 Å². The van der Waals surface area contributed by atoms with E-state index in [0.717, 1.165) is 18.1 Å². The summed E-state index contributed by atoms with van der Waals surface area (Å²) in [7, 11) is 0. The summed E-state index contributed by atoms with van der Waals surface area (Å²) < 4.78 is 4.55. The molecule has 0 saturated heterocycles. The van der Waals surface area contributed by atoms with Gasteiger partial charge in [0.2, 0.25) is 0 Å². The maximum Gasteiger partial charge on any atom is 0.328 e. The zero-order chi connectivity index (χ0) is 15.4. The van der Waals surface area contributed by atoms with Crippen molar-refractivity contribution in [3.8, 4) is 0 Å². The first-order valence-corrected chi connectivity index (χ1v) is 6.69. The Morgan fingerprint density at radius 3 is 2.40 bits per heavy atom. The molecule has 4 nitrogen and oxygen atoms in total. The monoisotopic (exact) mass is 278 g/mol. The van der Waals surface area contributed by atoms with Gasteiger partial charge in [0.25, 0.3) is 0 Å². The molecule has 1 N–H and O–H groups in total. The second-order valence-electron chi connectivity index (χ2n) is 3.93. The Balaban J connectivity index is 0.000000441. The lowest BCUT2D eigenvalue weighted by molar-refractivity contribution is -0.142. The van der Waals surface area contributed by atoms with Crippen LogP contribution in [0.1, 0.15) is 38.3 Å². The zero-order valence-corrected chi connectivity index (χ0v) is 12.3. The first kappa shape index (κ1) is 17.9. The average molecular weight is 278 g/mol. The van der Waals surface area contributed by atoms with Crippen LogP contribution >= 0.6 is 0 Å². The summed E-state index contributed by atoms with van der Waals surface area (Å²) >= 11 is 0. The predicted molar refractivity (Wildman–Crippen MR) is 79.4 cm³/mol. The molecular weight excluding hydrogens is 256 g/mol. The Kier molecular flexibility index (Phi) is 9.66. The highest BCUT2D eigenvalue weighted by Crippen LogP contribution is 2.07. The smallest absolute Gasteiger partial charge is 0.328 e. The van der Waals surface area contributed by atoms with Gasteiger partial charge in [-0.3, -0.25) is 4.79 Å². The van der Waals surface area contributed by atoms with Crippen molar-refractivity contribution in [2.24, 2.45) is 0 Å². The number of benzene rings is 1. The van der Waals surface area contributed by atoms with Crippen LogP contribution in [0.4, 0.5) is 0 Å². The Morgan fingerprint density at radius 2 is 1.95 bits per heavy atom. The second kappa shape index (κ2) is 10.8. The number of carbonyl (C=O) groups excluding carboxylic acids is 1. The van der Waals surface area contributed by atoms with Gasteiger partial charge < -0.3 is 9.84 Å². The molecule has 0 fully saturated rings. The van der Waals surface area contributed by atoms with Crippen molar-refractivity contribution >= 4 is 18.0 Å². The van der Waals surface area contributed by atoms with Gasteiger partial charge in [0.15, 0.2) is 0 Å². The Labute approximate surface area is 120 Å². The molecule has 0 aliphatic heterocycles. The fraction of sp³-hybridized carbons (Fsp3) is 0.375. The zero-order valence-electron chi connectivity index (χ0n) is 12.3. The molecule has 0 aliphatic carbocycles. The van der Waals surface area contributed by atoms with E-state index >= 15 is 0 Å². The molecule has 0 aromatic heterocycles. The van der Waals surface area contributed by atoms with Crippen molar-refractivity contribution in [3.63, 3.8) is 0 Å². The number of hydrogen-bond donors (Lipinski definition) is 1. The van der Waals surface area contributed by atoms with Crippen molar-refractivity contribution in [2.75, 3.05) is 6.61 Å². The minimum atomic E-state index is -0.915. The van der Waals surface area contributed by atoms with E-state index in [-0.39, 0.29) is 5.97 Å². The topological polar surface area (TPSA) is 63.6 Å². The number of rotatable bonds is 5. The molecule has 1 aromatic carbocycles. The van der Waals surface area contributed by atoms with Gasteiger partial charge in [0, 0.05) is 12.5 Å². The molecule has 0 heterocycles. The molecule has 0 amide bonds. The van der Waals surface area contributed by atoms with Crippen molar-refractivity contribution in [1.82, 2.24) is 0 Å². The minimum Gasteiger partial charge on any atom is -0.478 e. The molecule has 4 heteroatoms. The lowest BCUT2D eigenvalue weighted by Gasteiger charge is -1.97. The van der Waals surface area contributed by atoms with Crippen LogP contribution < -0.4 is 0 Å². The molecule has 0 saturated carbocycles. The van der Waals surface area contributed by atoms with Gasteiger partial charge in [-0.05, 0) is 30.5 Å². The van der Waals surface area contributed by atoms with Crippen LogP contribution in [0, 0.1) is 0 Å². The predicted octanol–water partition coefficient (Wildman–Crippen LogP) is 3.31.